The number of aliphatic carboxylic acids is 1. The number of hydrogen-bond acceptors (Lipinski definition) is 3. The summed E-state index contributed by atoms with van der Waals surface area (Å²) < 4.78 is 0. The molecule has 136 valence electrons. The fourth-order valence-corrected chi connectivity index (χ4v) is 3.68. The third-order valence-corrected chi connectivity index (χ3v) is 5.67. The van der Waals surface area contributed by atoms with Crippen molar-refractivity contribution in [3.8, 4) is 0 Å². The zero-order chi connectivity index (χ0) is 17.6. The lowest BCUT2D eigenvalue weighted by molar-refractivity contribution is -0.143. The molecular weight excluding hydrogens is 316 g/mol. The van der Waals surface area contributed by atoms with Crippen molar-refractivity contribution >= 4 is 11.9 Å². The summed E-state index contributed by atoms with van der Waals surface area (Å²) in [7, 11) is 0. The van der Waals surface area contributed by atoms with Crippen LogP contribution in [0.25, 0.3) is 0 Å². The van der Waals surface area contributed by atoms with Crippen LogP contribution in [0.1, 0.15) is 50.1 Å². The molecule has 1 saturated heterocycles. The van der Waals surface area contributed by atoms with Gasteiger partial charge in [-0.25, -0.2) is 0 Å². The molecule has 5 nitrogen and oxygen atoms in total. The lowest BCUT2D eigenvalue weighted by atomic mass is 9.84. The number of carbonyl (C=O) groups excluding carboxylic acids is 1. The maximum Gasteiger partial charge on any atom is 0.306 e. The van der Waals surface area contributed by atoms with Crippen LogP contribution in [-0.4, -0.2) is 41.5 Å². The summed E-state index contributed by atoms with van der Waals surface area (Å²) in [6.07, 6.45) is 5.48. The number of rotatable bonds is 7. The number of benzene rings is 1. The van der Waals surface area contributed by atoms with Crippen molar-refractivity contribution in [1.82, 2.24) is 10.2 Å². The SMILES string of the molecule is O=C(O)C1CCN(CCC(NC(=O)C2CCC2)c2ccccc2)CC1. The van der Waals surface area contributed by atoms with Gasteiger partial charge in [-0.05, 0) is 50.8 Å². The van der Waals surface area contributed by atoms with E-state index >= 15 is 0 Å². The van der Waals surface area contributed by atoms with E-state index in [0.717, 1.165) is 63.7 Å². The van der Waals surface area contributed by atoms with Crippen molar-refractivity contribution < 1.29 is 14.7 Å². The number of nitrogens with zero attached hydrogens (tertiary/aromatic N) is 1. The first-order chi connectivity index (χ1) is 12.1. The monoisotopic (exact) mass is 344 g/mol. The quantitative estimate of drug-likeness (QED) is 0.798. The second kappa shape index (κ2) is 8.48. The predicted molar refractivity (Wildman–Crippen MR) is 96.1 cm³/mol. The molecule has 1 unspecified atom stereocenters. The Morgan fingerprint density at radius 3 is 2.32 bits per heavy atom. The smallest absolute Gasteiger partial charge is 0.306 e. The van der Waals surface area contributed by atoms with Gasteiger partial charge in [0.15, 0.2) is 0 Å². The molecule has 0 bridgehead atoms. The molecule has 1 heterocycles. The molecule has 2 N–H and O–H groups in total. The highest BCUT2D eigenvalue weighted by Gasteiger charge is 2.28. The molecule has 2 fully saturated rings. The summed E-state index contributed by atoms with van der Waals surface area (Å²) in [4.78, 5) is 25.8. The molecule has 1 aliphatic carbocycles. The predicted octanol–water partition coefficient (Wildman–Crippen LogP) is 2.83. The first kappa shape index (κ1) is 17.9. The molecule has 1 saturated carbocycles. The highest BCUT2D eigenvalue weighted by molar-refractivity contribution is 5.79. The van der Waals surface area contributed by atoms with Gasteiger partial charge in [0, 0.05) is 12.5 Å². The molecule has 1 aromatic rings. The van der Waals surface area contributed by atoms with Gasteiger partial charge in [-0.1, -0.05) is 36.8 Å². The van der Waals surface area contributed by atoms with Gasteiger partial charge in [-0.3, -0.25) is 9.59 Å². The largest absolute Gasteiger partial charge is 0.481 e. The lowest BCUT2D eigenvalue weighted by Gasteiger charge is -2.32. The van der Waals surface area contributed by atoms with Crippen LogP contribution in [-0.2, 0) is 9.59 Å². The van der Waals surface area contributed by atoms with E-state index in [4.69, 9.17) is 5.11 Å². The standard InChI is InChI=1S/C20H28N2O3/c23-19(16-7-4-8-16)21-18(15-5-2-1-3-6-15)11-14-22-12-9-17(10-13-22)20(24)25/h1-3,5-6,16-18H,4,7-14H2,(H,21,23)(H,24,25). The van der Waals surface area contributed by atoms with E-state index in [1.54, 1.807) is 0 Å². The number of carbonyl (C=O) groups is 2. The van der Waals surface area contributed by atoms with Crippen molar-refractivity contribution in [2.24, 2.45) is 11.8 Å². The fourth-order valence-electron chi connectivity index (χ4n) is 3.68. The maximum atomic E-state index is 12.4. The van der Waals surface area contributed by atoms with Crippen LogP contribution < -0.4 is 5.32 Å². The Labute approximate surface area is 149 Å². The Bertz CT molecular complexity index is 578. The molecular formula is C20H28N2O3. The third-order valence-electron chi connectivity index (χ3n) is 5.67. The van der Waals surface area contributed by atoms with Gasteiger partial charge in [-0.15, -0.1) is 0 Å². The molecule has 25 heavy (non-hydrogen) atoms. The molecule has 1 aromatic carbocycles. The summed E-state index contributed by atoms with van der Waals surface area (Å²) >= 11 is 0. The van der Waals surface area contributed by atoms with E-state index in [-0.39, 0.29) is 23.8 Å². The van der Waals surface area contributed by atoms with Gasteiger partial charge in [0.2, 0.25) is 5.91 Å². The van der Waals surface area contributed by atoms with Crippen LogP contribution in [0.4, 0.5) is 0 Å². The summed E-state index contributed by atoms with van der Waals surface area (Å²) in [6.45, 7) is 2.54. The second-order valence-electron chi connectivity index (χ2n) is 7.34. The van der Waals surface area contributed by atoms with E-state index in [1.807, 2.05) is 18.2 Å². The summed E-state index contributed by atoms with van der Waals surface area (Å²) in [6, 6.07) is 10.2. The van der Waals surface area contributed by atoms with Gasteiger partial charge < -0.3 is 15.3 Å². The highest BCUT2D eigenvalue weighted by Crippen LogP contribution is 2.28. The average molecular weight is 344 g/mol. The number of nitrogens with one attached hydrogen (secondary N) is 1. The van der Waals surface area contributed by atoms with Crippen molar-refractivity contribution in [3.05, 3.63) is 35.9 Å². The molecule has 1 aliphatic heterocycles. The maximum absolute atomic E-state index is 12.4. The number of hydrogen-bond donors (Lipinski definition) is 2. The van der Waals surface area contributed by atoms with Gasteiger partial charge >= 0.3 is 5.97 Å². The van der Waals surface area contributed by atoms with Crippen molar-refractivity contribution in [2.75, 3.05) is 19.6 Å². The first-order valence-electron chi connectivity index (χ1n) is 9.44. The van der Waals surface area contributed by atoms with Crippen LogP contribution in [0.2, 0.25) is 0 Å². The normalized spacial score (nSPS) is 20.6. The van der Waals surface area contributed by atoms with E-state index in [1.165, 1.54) is 0 Å². The van der Waals surface area contributed by atoms with Crippen LogP contribution >= 0.6 is 0 Å². The number of carboxylic acid groups (broad SMARTS) is 1. The fraction of sp³-hybridized carbons (Fsp3) is 0.600. The van der Waals surface area contributed by atoms with Crippen molar-refractivity contribution in [3.63, 3.8) is 0 Å². The van der Waals surface area contributed by atoms with Gasteiger partial charge in [-0.2, -0.15) is 0 Å². The zero-order valence-electron chi connectivity index (χ0n) is 14.7. The topological polar surface area (TPSA) is 69.6 Å². The minimum Gasteiger partial charge on any atom is -0.481 e. The van der Waals surface area contributed by atoms with Gasteiger partial charge in [0.25, 0.3) is 0 Å². The molecule has 1 amide bonds. The second-order valence-corrected chi connectivity index (χ2v) is 7.34. The van der Waals surface area contributed by atoms with E-state index < -0.39 is 5.97 Å². The minimum atomic E-state index is -0.672. The zero-order valence-corrected chi connectivity index (χ0v) is 14.7. The van der Waals surface area contributed by atoms with Crippen LogP contribution in [0.5, 0.6) is 0 Å². The number of likely N-dealkylation sites (tertiary alicyclic amines) is 1. The van der Waals surface area contributed by atoms with Gasteiger partial charge in [0.1, 0.15) is 0 Å². The highest BCUT2D eigenvalue weighted by atomic mass is 16.4. The van der Waals surface area contributed by atoms with Crippen molar-refractivity contribution in [2.45, 2.75) is 44.6 Å². The molecule has 0 radical (unpaired) electrons. The summed E-state index contributed by atoms with van der Waals surface area (Å²) in [5.74, 6) is -0.490. The molecule has 2 aliphatic rings. The van der Waals surface area contributed by atoms with Crippen molar-refractivity contribution in [1.29, 1.82) is 0 Å². The number of carboxylic acids is 1. The molecule has 0 spiro atoms. The summed E-state index contributed by atoms with van der Waals surface area (Å²) in [5, 5.41) is 12.3. The Kier molecular flexibility index (Phi) is 6.08. The third kappa shape index (κ3) is 4.82. The molecule has 3 rings (SSSR count). The van der Waals surface area contributed by atoms with E-state index in [9.17, 15) is 9.59 Å². The molecule has 5 heteroatoms. The number of piperidine rings is 1. The Morgan fingerprint density at radius 2 is 1.76 bits per heavy atom. The van der Waals surface area contributed by atoms with Crippen LogP contribution in [0.15, 0.2) is 30.3 Å². The van der Waals surface area contributed by atoms with E-state index in [0.29, 0.717) is 0 Å². The first-order valence-corrected chi connectivity index (χ1v) is 9.44. The Morgan fingerprint density at radius 1 is 1.08 bits per heavy atom. The Hall–Kier alpha value is -1.88. The van der Waals surface area contributed by atoms with E-state index in [2.05, 4.69) is 22.3 Å². The molecule has 1 atom stereocenters. The van der Waals surface area contributed by atoms with Gasteiger partial charge in [0.05, 0.1) is 12.0 Å². The lowest BCUT2D eigenvalue weighted by Crippen LogP contribution is -2.40. The minimum absolute atomic E-state index is 0.0338. The summed E-state index contributed by atoms with van der Waals surface area (Å²) in [5.41, 5.74) is 1.15. The van der Waals surface area contributed by atoms with Crippen LogP contribution in [0, 0.1) is 11.8 Å². The average Bonchev–Trinajstić information content (AvgIpc) is 2.58. The number of amides is 1. The van der Waals surface area contributed by atoms with Crippen LogP contribution in [0.3, 0.4) is 0 Å². The molecule has 0 aromatic heterocycles. The Balaban J connectivity index is 1.54.